The molecule has 1 aromatic carbocycles. The molecule has 0 spiro atoms. The Morgan fingerprint density at radius 3 is 2.39 bits per heavy atom. The van der Waals surface area contributed by atoms with Crippen LogP contribution in [0.25, 0.3) is 0 Å². The Morgan fingerprint density at radius 1 is 1.06 bits per heavy atom. The predicted octanol–water partition coefficient (Wildman–Crippen LogP) is 3.11. The molecule has 0 fully saturated rings. The van der Waals surface area contributed by atoms with Crippen molar-refractivity contribution in [1.82, 2.24) is 4.72 Å². The molecule has 0 saturated carbocycles. The van der Waals surface area contributed by atoms with Crippen LogP contribution in [0, 0.1) is 0 Å². The number of aryl methyl sites for hydroxylation is 1. The number of unbranched alkanes of at least 4 members (excludes halogenated alkanes) is 2. The van der Waals surface area contributed by atoms with E-state index in [4.69, 9.17) is 0 Å². The number of hydrogen-bond donors (Lipinski definition) is 1. The van der Waals surface area contributed by atoms with Crippen molar-refractivity contribution in [1.29, 1.82) is 0 Å². The average molecular weight is 269 g/mol. The van der Waals surface area contributed by atoms with Gasteiger partial charge in [-0.25, -0.2) is 13.1 Å². The number of benzene rings is 1. The number of sulfonamides is 1. The van der Waals surface area contributed by atoms with Gasteiger partial charge in [0, 0.05) is 6.54 Å². The van der Waals surface area contributed by atoms with Gasteiger partial charge in [0.15, 0.2) is 0 Å². The highest BCUT2D eigenvalue weighted by Crippen LogP contribution is 2.17. The van der Waals surface area contributed by atoms with E-state index in [9.17, 15) is 8.42 Å². The lowest BCUT2D eigenvalue weighted by Crippen LogP contribution is -2.25. The van der Waals surface area contributed by atoms with Crippen molar-refractivity contribution in [3.8, 4) is 0 Å². The molecule has 0 amide bonds. The largest absolute Gasteiger partial charge is 0.240 e. The molecule has 102 valence electrons. The van der Waals surface area contributed by atoms with E-state index in [1.54, 1.807) is 12.1 Å². The molecule has 0 unspecified atom stereocenters. The molecule has 1 aromatic rings. The van der Waals surface area contributed by atoms with E-state index in [0.29, 0.717) is 11.4 Å². The maximum atomic E-state index is 12.2. The average Bonchev–Trinajstić information content (AvgIpc) is 2.37. The molecule has 0 bridgehead atoms. The maximum absolute atomic E-state index is 12.2. The Labute approximate surface area is 111 Å². The van der Waals surface area contributed by atoms with Crippen molar-refractivity contribution < 1.29 is 8.42 Å². The summed E-state index contributed by atoms with van der Waals surface area (Å²) in [5.74, 6) is 0. The SMILES string of the molecule is CCCCNS(=O)(=O)c1ccccc1CCCC. The lowest BCUT2D eigenvalue weighted by molar-refractivity contribution is 0.576. The zero-order valence-electron chi connectivity index (χ0n) is 11.3. The maximum Gasteiger partial charge on any atom is 0.240 e. The van der Waals surface area contributed by atoms with Crippen LogP contribution in [-0.4, -0.2) is 15.0 Å². The molecule has 0 aliphatic rings. The Balaban J connectivity index is 2.86. The van der Waals surface area contributed by atoms with Gasteiger partial charge in [-0.05, 0) is 30.9 Å². The van der Waals surface area contributed by atoms with Crippen LogP contribution >= 0.6 is 0 Å². The second-order valence-electron chi connectivity index (χ2n) is 4.46. The van der Waals surface area contributed by atoms with Gasteiger partial charge in [-0.15, -0.1) is 0 Å². The Bertz CT molecular complexity index is 455. The highest BCUT2D eigenvalue weighted by atomic mass is 32.2. The molecule has 4 heteroatoms. The molecule has 0 aromatic heterocycles. The van der Waals surface area contributed by atoms with E-state index >= 15 is 0 Å². The summed E-state index contributed by atoms with van der Waals surface area (Å²) in [6, 6.07) is 7.28. The first kappa shape index (κ1) is 15.2. The van der Waals surface area contributed by atoms with Crippen molar-refractivity contribution in [3.05, 3.63) is 29.8 Å². The fraction of sp³-hybridized carbons (Fsp3) is 0.571. The van der Waals surface area contributed by atoms with E-state index in [1.165, 1.54) is 0 Å². The molecule has 0 radical (unpaired) electrons. The van der Waals surface area contributed by atoms with Gasteiger partial charge in [-0.1, -0.05) is 44.9 Å². The summed E-state index contributed by atoms with van der Waals surface area (Å²) in [5, 5.41) is 0. The summed E-state index contributed by atoms with van der Waals surface area (Å²) in [4.78, 5) is 0.439. The third kappa shape index (κ3) is 4.42. The zero-order chi connectivity index (χ0) is 13.4. The van der Waals surface area contributed by atoms with Crippen LogP contribution in [-0.2, 0) is 16.4 Å². The van der Waals surface area contributed by atoms with Crippen molar-refractivity contribution in [2.45, 2.75) is 50.8 Å². The van der Waals surface area contributed by atoms with Crippen molar-refractivity contribution in [2.75, 3.05) is 6.54 Å². The second-order valence-corrected chi connectivity index (χ2v) is 6.20. The van der Waals surface area contributed by atoms with E-state index in [2.05, 4.69) is 11.6 Å². The summed E-state index contributed by atoms with van der Waals surface area (Å²) >= 11 is 0. The first-order chi connectivity index (χ1) is 8.61. The summed E-state index contributed by atoms with van der Waals surface area (Å²) < 4.78 is 27.0. The van der Waals surface area contributed by atoms with Gasteiger partial charge in [-0.3, -0.25) is 0 Å². The summed E-state index contributed by atoms with van der Waals surface area (Å²) in [5.41, 5.74) is 0.920. The van der Waals surface area contributed by atoms with Gasteiger partial charge >= 0.3 is 0 Å². The molecule has 0 saturated heterocycles. The Kier molecular flexibility index (Phi) is 6.36. The first-order valence-electron chi connectivity index (χ1n) is 6.69. The van der Waals surface area contributed by atoms with Crippen molar-refractivity contribution >= 4 is 10.0 Å². The van der Waals surface area contributed by atoms with Crippen molar-refractivity contribution in [3.63, 3.8) is 0 Å². The van der Waals surface area contributed by atoms with Gasteiger partial charge in [0.05, 0.1) is 4.90 Å². The van der Waals surface area contributed by atoms with Crippen LogP contribution in [0.2, 0.25) is 0 Å². The molecule has 3 nitrogen and oxygen atoms in total. The molecule has 18 heavy (non-hydrogen) atoms. The fourth-order valence-corrected chi connectivity index (χ4v) is 3.14. The van der Waals surface area contributed by atoms with Crippen molar-refractivity contribution in [2.24, 2.45) is 0 Å². The topological polar surface area (TPSA) is 46.2 Å². The van der Waals surface area contributed by atoms with Crippen LogP contribution in [0.4, 0.5) is 0 Å². The van der Waals surface area contributed by atoms with E-state index in [-0.39, 0.29) is 0 Å². The minimum Gasteiger partial charge on any atom is -0.211 e. The first-order valence-corrected chi connectivity index (χ1v) is 8.17. The van der Waals surface area contributed by atoms with Crippen LogP contribution in [0.15, 0.2) is 29.2 Å². The van der Waals surface area contributed by atoms with Gasteiger partial charge < -0.3 is 0 Å². The predicted molar refractivity (Wildman–Crippen MR) is 75.2 cm³/mol. The second kappa shape index (κ2) is 7.54. The minimum atomic E-state index is -3.34. The molecule has 1 rings (SSSR count). The molecule has 1 N–H and O–H groups in total. The standard InChI is InChI=1S/C14H23NO2S/c1-3-5-9-13-10-7-8-11-14(13)18(16,17)15-12-6-4-2/h7-8,10-11,15H,3-6,9,12H2,1-2H3. The van der Waals surface area contributed by atoms with Gasteiger partial charge in [0.1, 0.15) is 0 Å². The quantitative estimate of drug-likeness (QED) is 0.737. The van der Waals surface area contributed by atoms with Gasteiger partial charge in [0.25, 0.3) is 0 Å². The lowest BCUT2D eigenvalue weighted by atomic mass is 10.1. The highest BCUT2D eigenvalue weighted by molar-refractivity contribution is 7.89. The number of hydrogen-bond acceptors (Lipinski definition) is 2. The van der Waals surface area contributed by atoms with E-state index in [0.717, 1.165) is 37.7 Å². The zero-order valence-corrected chi connectivity index (χ0v) is 12.1. The third-order valence-electron chi connectivity index (χ3n) is 2.88. The van der Waals surface area contributed by atoms with Crippen LogP contribution in [0.1, 0.15) is 45.1 Å². The summed E-state index contributed by atoms with van der Waals surface area (Å²) in [7, 11) is -3.34. The van der Waals surface area contributed by atoms with Crippen LogP contribution in [0.5, 0.6) is 0 Å². The molecule has 0 heterocycles. The lowest BCUT2D eigenvalue weighted by Gasteiger charge is -2.11. The van der Waals surface area contributed by atoms with Gasteiger partial charge in [0.2, 0.25) is 10.0 Å². The number of rotatable bonds is 8. The van der Waals surface area contributed by atoms with Crippen LogP contribution in [0.3, 0.4) is 0 Å². The highest BCUT2D eigenvalue weighted by Gasteiger charge is 2.16. The smallest absolute Gasteiger partial charge is 0.211 e. The third-order valence-corrected chi connectivity index (χ3v) is 4.45. The minimum absolute atomic E-state index is 0.439. The molecule has 0 aliphatic carbocycles. The number of nitrogens with one attached hydrogen (secondary N) is 1. The summed E-state index contributed by atoms with van der Waals surface area (Å²) in [6.07, 6.45) is 4.76. The molecular weight excluding hydrogens is 246 g/mol. The van der Waals surface area contributed by atoms with Gasteiger partial charge in [-0.2, -0.15) is 0 Å². The van der Waals surface area contributed by atoms with E-state index in [1.807, 2.05) is 19.1 Å². The summed E-state index contributed by atoms with van der Waals surface area (Å²) in [6.45, 7) is 4.67. The normalized spacial score (nSPS) is 11.7. The molecular formula is C14H23NO2S. The van der Waals surface area contributed by atoms with E-state index < -0.39 is 10.0 Å². The Morgan fingerprint density at radius 2 is 1.72 bits per heavy atom. The fourth-order valence-electron chi connectivity index (χ4n) is 1.80. The molecule has 0 atom stereocenters. The monoisotopic (exact) mass is 269 g/mol. The Hall–Kier alpha value is -0.870. The van der Waals surface area contributed by atoms with Crippen LogP contribution < -0.4 is 4.72 Å². The molecule has 0 aliphatic heterocycles.